The number of hydrogen-bond acceptors (Lipinski definition) is 7. The number of nitrogens with one attached hydrogen (secondary N) is 2. The van der Waals surface area contributed by atoms with E-state index < -0.39 is 0 Å². The molecule has 0 aliphatic carbocycles. The molecule has 1 saturated heterocycles. The van der Waals surface area contributed by atoms with Crippen LogP contribution >= 0.6 is 11.6 Å². The number of rotatable bonds is 5. The van der Waals surface area contributed by atoms with Gasteiger partial charge in [0.15, 0.2) is 5.65 Å². The van der Waals surface area contributed by atoms with Gasteiger partial charge in [0.25, 0.3) is 0 Å². The number of ether oxygens (including phenoxy) is 1. The number of benzene rings is 2. The number of aromatic amines is 1. The largest absolute Gasteiger partial charge is 0.378 e. The van der Waals surface area contributed by atoms with E-state index in [1.807, 2.05) is 30.3 Å². The summed E-state index contributed by atoms with van der Waals surface area (Å²) in [7, 11) is 0. The number of aromatic nitrogens is 4. The molecule has 0 radical (unpaired) electrons. The Morgan fingerprint density at radius 2 is 1.90 bits per heavy atom. The number of morpholine rings is 1. The predicted octanol–water partition coefficient (Wildman–Crippen LogP) is 3.71. The molecular formula is C22H22ClN7O. The number of anilines is 3. The Kier molecular flexibility index (Phi) is 5.42. The lowest BCUT2D eigenvalue weighted by Crippen LogP contribution is -2.36. The molecular weight excluding hydrogens is 414 g/mol. The highest BCUT2D eigenvalue weighted by Gasteiger charge is 2.16. The van der Waals surface area contributed by atoms with Gasteiger partial charge in [0.1, 0.15) is 11.2 Å². The molecule has 0 atom stereocenters. The van der Waals surface area contributed by atoms with Crippen molar-refractivity contribution in [2.45, 2.75) is 6.54 Å². The van der Waals surface area contributed by atoms with E-state index >= 15 is 0 Å². The van der Waals surface area contributed by atoms with Crippen molar-refractivity contribution in [3.8, 4) is 11.3 Å². The van der Waals surface area contributed by atoms with E-state index in [2.05, 4.69) is 37.3 Å². The third-order valence-electron chi connectivity index (χ3n) is 5.31. The van der Waals surface area contributed by atoms with Gasteiger partial charge in [0.2, 0.25) is 5.95 Å². The summed E-state index contributed by atoms with van der Waals surface area (Å²) in [6, 6.07) is 13.9. The van der Waals surface area contributed by atoms with E-state index in [9.17, 15) is 0 Å². The molecule has 1 fully saturated rings. The van der Waals surface area contributed by atoms with Crippen LogP contribution in [0.5, 0.6) is 0 Å². The summed E-state index contributed by atoms with van der Waals surface area (Å²) >= 11 is 6.49. The highest BCUT2D eigenvalue weighted by molar-refractivity contribution is 6.33. The average molecular weight is 436 g/mol. The van der Waals surface area contributed by atoms with Crippen molar-refractivity contribution < 1.29 is 4.74 Å². The van der Waals surface area contributed by atoms with Crippen molar-refractivity contribution in [1.82, 2.24) is 19.9 Å². The van der Waals surface area contributed by atoms with Gasteiger partial charge in [-0.2, -0.15) is 4.98 Å². The zero-order chi connectivity index (χ0) is 21.2. The lowest BCUT2D eigenvalue weighted by molar-refractivity contribution is 0.122. The number of hydrogen-bond donors (Lipinski definition) is 3. The van der Waals surface area contributed by atoms with Gasteiger partial charge in [0.05, 0.1) is 24.6 Å². The summed E-state index contributed by atoms with van der Waals surface area (Å²) in [4.78, 5) is 19.0. The number of nitrogens with zero attached hydrogens (tertiary/aromatic N) is 4. The molecule has 0 saturated carbocycles. The fourth-order valence-corrected chi connectivity index (χ4v) is 3.88. The van der Waals surface area contributed by atoms with Gasteiger partial charge in [0, 0.05) is 36.6 Å². The molecule has 9 heteroatoms. The minimum Gasteiger partial charge on any atom is -0.378 e. The Bertz CT molecular complexity index is 1200. The zero-order valence-corrected chi connectivity index (χ0v) is 17.6. The van der Waals surface area contributed by atoms with Gasteiger partial charge < -0.3 is 25.7 Å². The van der Waals surface area contributed by atoms with Gasteiger partial charge in [-0.25, -0.2) is 9.97 Å². The third-order valence-corrected chi connectivity index (χ3v) is 5.64. The first-order valence-corrected chi connectivity index (χ1v) is 10.5. The summed E-state index contributed by atoms with van der Waals surface area (Å²) in [5.41, 5.74) is 11.6. The van der Waals surface area contributed by atoms with Crippen LogP contribution in [0.25, 0.3) is 22.4 Å². The second-order valence-electron chi connectivity index (χ2n) is 7.29. The summed E-state index contributed by atoms with van der Waals surface area (Å²) in [6.45, 7) is 3.74. The summed E-state index contributed by atoms with van der Waals surface area (Å²) in [5, 5.41) is 3.88. The Hall–Kier alpha value is -3.20. The van der Waals surface area contributed by atoms with E-state index in [1.54, 1.807) is 6.33 Å². The van der Waals surface area contributed by atoms with Crippen LogP contribution in [0.1, 0.15) is 5.56 Å². The first-order valence-electron chi connectivity index (χ1n) is 10.1. The van der Waals surface area contributed by atoms with Crippen LogP contribution in [0.2, 0.25) is 5.02 Å². The fourth-order valence-electron chi connectivity index (χ4n) is 3.67. The van der Waals surface area contributed by atoms with E-state index in [-0.39, 0.29) is 0 Å². The molecule has 2 aromatic heterocycles. The Morgan fingerprint density at radius 3 is 2.68 bits per heavy atom. The molecule has 0 unspecified atom stereocenters. The van der Waals surface area contributed by atoms with Gasteiger partial charge in [-0.1, -0.05) is 17.7 Å². The summed E-state index contributed by atoms with van der Waals surface area (Å²) in [6.07, 6.45) is 1.60. The van der Waals surface area contributed by atoms with Crippen LogP contribution in [0.15, 0.2) is 48.8 Å². The van der Waals surface area contributed by atoms with Crippen LogP contribution in [0.3, 0.4) is 0 Å². The highest BCUT2D eigenvalue weighted by Crippen LogP contribution is 2.32. The zero-order valence-electron chi connectivity index (χ0n) is 16.8. The second-order valence-corrected chi connectivity index (χ2v) is 7.69. The van der Waals surface area contributed by atoms with Crippen molar-refractivity contribution in [2.75, 3.05) is 36.5 Å². The minimum atomic E-state index is 0.419. The molecule has 158 valence electrons. The molecule has 0 amide bonds. The lowest BCUT2D eigenvalue weighted by atomic mass is 10.1. The SMILES string of the molecule is NCc1ccc(Cl)c(-c2nc(Nc3ccc(N4CCOCC4)cc3)nc3nc[nH]c23)c1. The maximum absolute atomic E-state index is 6.49. The molecule has 2 aromatic carbocycles. The number of imidazole rings is 1. The highest BCUT2D eigenvalue weighted by atomic mass is 35.5. The van der Waals surface area contributed by atoms with Crippen molar-refractivity contribution in [1.29, 1.82) is 0 Å². The lowest BCUT2D eigenvalue weighted by Gasteiger charge is -2.28. The average Bonchev–Trinajstić information content (AvgIpc) is 3.29. The van der Waals surface area contributed by atoms with Crippen molar-refractivity contribution in [3.63, 3.8) is 0 Å². The molecule has 5 rings (SSSR count). The van der Waals surface area contributed by atoms with Crippen LogP contribution in [-0.2, 0) is 11.3 Å². The van der Waals surface area contributed by atoms with Crippen molar-refractivity contribution in [3.05, 3.63) is 59.4 Å². The molecule has 3 heterocycles. The number of H-pyrrole nitrogens is 1. The third kappa shape index (κ3) is 4.05. The van der Waals surface area contributed by atoms with Crippen LogP contribution in [0.4, 0.5) is 17.3 Å². The van der Waals surface area contributed by atoms with Crippen molar-refractivity contribution >= 4 is 40.1 Å². The molecule has 8 nitrogen and oxygen atoms in total. The Morgan fingerprint density at radius 1 is 1.10 bits per heavy atom. The summed E-state index contributed by atoms with van der Waals surface area (Å²) < 4.78 is 5.43. The quantitative estimate of drug-likeness (QED) is 0.438. The number of halogens is 1. The molecule has 0 spiro atoms. The van der Waals surface area contributed by atoms with Gasteiger partial charge in [-0.15, -0.1) is 0 Å². The van der Waals surface area contributed by atoms with Gasteiger partial charge in [-0.3, -0.25) is 0 Å². The molecule has 0 bridgehead atoms. The van der Waals surface area contributed by atoms with Crippen LogP contribution in [0, 0.1) is 0 Å². The second kappa shape index (κ2) is 8.50. The molecule has 1 aliphatic rings. The predicted molar refractivity (Wildman–Crippen MR) is 123 cm³/mol. The maximum Gasteiger partial charge on any atom is 0.229 e. The molecule has 1 aliphatic heterocycles. The minimum absolute atomic E-state index is 0.419. The van der Waals surface area contributed by atoms with Crippen LogP contribution < -0.4 is 16.0 Å². The molecule has 4 N–H and O–H groups in total. The standard InChI is InChI=1S/C22H22ClN7O/c23-18-6-1-14(12-24)11-17(18)19-20-21(26-13-25-20)29-22(28-19)27-15-2-4-16(5-3-15)30-7-9-31-10-8-30/h1-6,11,13H,7-10,12,24H2,(H2,25,26,27,28,29). The summed E-state index contributed by atoms with van der Waals surface area (Å²) in [5.74, 6) is 0.447. The van der Waals surface area contributed by atoms with Gasteiger partial charge in [-0.05, 0) is 42.0 Å². The molecule has 31 heavy (non-hydrogen) atoms. The smallest absolute Gasteiger partial charge is 0.229 e. The first kappa shape index (κ1) is 19.7. The maximum atomic E-state index is 6.49. The first-order chi connectivity index (χ1) is 15.2. The van der Waals surface area contributed by atoms with Crippen molar-refractivity contribution in [2.24, 2.45) is 5.73 Å². The Balaban J connectivity index is 1.47. The van der Waals surface area contributed by atoms with Gasteiger partial charge >= 0.3 is 0 Å². The monoisotopic (exact) mass is 435 g/mol. The van der Waals surface area contributed by atoms with E-state index in [0.29, 0.717) is 28.9 Å². The van der Waals surface area contributed by atoms with E-state index in [4.69, 9.17) is 27.1 Å². The van der Waals surface area contributed by atoms with E-state index in [0.717, 1.165) is 48.6 Å². The van der Waals surface area contributed by atoms with Crippen LogP contribution in [-0.4, -0.2) is 46.2 Å². The number of nitrogens with two attached hydrogens (primary N) is 1. The number of fused-ring (bicyclic) bond motifs is 1. The van der Waals surface area contributed by atoms with E-state index in [1.165, 1.54) is 5.69 Å². The normalized spacial score (nSPS) is 14.2. The topological polar surface area (TPSA) is 105 Å². The molecule has 4 aromatic rings. The Labute approximate surface area is 184 Å². The fraction of sp³-hybridized carbons (Fsp3) is 0.227.